The Morgan fingerprint density at radius 3 is 0.812 bits per heavy atom. The molecule has 4 N–H and O–H groups in total. The predicted molar refractivity (Wildman–Crippen MR) is 401 cm³/mol. The number of ether oxygens (including phenoxy) is 5. The number of benzene rings is 2. The fourth-order valence-electron chi connectivity index (χ4n) is 10.9. The minimum atomic E-state index is -0.760. The van der Waals surface area contributed by atoms with Gasteiger partial charge in [-0.05, 0) is 50.2 Å². The quantitative estimate of drug-likeness (QED) is 0.0278. The number of hydrogen-bond donors (Lipinski definition) is 4. The normalized spacial score (nSPS) is 10.8. The van der Waals surface area contributed by atoms with E-state index in [2.05, 4.69) is 25.5 Å². The predicted octanol–water partition coefficient (Wildman–Crippen LogP) is 22.8. The molecule has 0 saturated carbocycles. The van der Waals surface area contributed by atoms with E-state index in [1.54, 1.807) is 6.92 Å². The summed E-state index contributed by atoms with van der Waals surface area (Å²) >= 11 is 0. The van der Waals surface area contributed by atoms with Gasteiger partial charge in [0.1, 0.15) is 12.2 Å². The number of esters is 3. The van der Waals surface area contributed by atoms with Crippen molar-refractivity contribution < 1.29 is 63.3 Å². The van der Waals surface area contributed by atoms with Gasteiger partial charge in [-0.15, -0.1) is 0 Å². The summed E-state index contributed by atoms with van der Waals surface area (Å²) in [4.78, 5) is 44.1. The SMILES string of the molecule is CCC(O)CC.CCCCCCCCCCCCCCCCCC(=O)O.CCCCCCCCCCCCCCCCCC(=O)OC(CO)CO.CCCCCCCCCCCCCCCCCC(=O)OC(COCc1ccccc1)COCc1ccccc1.CCOC(C)=O. The first kappa shape index (κ1) is 96.3. The van der Waals surface area contributed by atoms with Crippen LogP contribution in [0.25, 0.3) is 0 Å². The monoisotopic (exact) mass is 1360 g/mol. The molecule has 13 heteroatoms. The van der Waals surface area contributed by atoms with Crippen LogP contribution in [0.5, 0.6) is 0 Å². The van der Waals surface area contributed by atoms with E-state index >= 15 is 0 Å². The molecule has 0 bridgehead atoms. The molecular weight excluding hydrogens is 1200 g/mol. The van der Waals surface area contributed by atoms with E-state index in [1.165, 1.54) is 257 Å². The van der Waals surface area contributed by atoms with Crippen molar-refractivity contribution in [2.45, 2.75) is 401 Å². The van der Waals surface area contributed by atoms with Crippen LogP contribution < -0.4 is 0 Å². The fraction of sp³-hybridized carbons (Fsp3) is 0.807. The molecule has 0 amide bonds. The molecule has 0 heterocycles. The van der Waals surface area contributed by atoms with E-state index in [1.807, 2.05) is 74.5 Å². The van der Waals surface area contributed by atoms with Gasteiger partial charge in [-0.25, -0.2) is 0 Å². The summed E-state index contributed by atoms with van der Waals surface area (Å²) < 4.78 is 26.8. The number of carbonyl (C=O) groups is 4. The Hall–Kier alpha value is -3.88. The Balaban J connectivity index is -0.00000130. The smallest absolute Gasteiger partial charge is 0.306 e. The van der Waals surface area contributed by atoms with Crippen molar-refractivity contribution in [1.82, 2.24) is 0 Å². The Morgan fingerprint density at radius 2 is 0.604 bits per heavy atom. The van der Waals surface area contributed by atoms with Gasteiger partial charge in [0.05, 0.1) is 52.4 Å². The second-order valence-electron chi connectivity index (χ2n) is 26.5. The van der Waals surface area contributed by atoms with Crippen LogP contribution in [0.15, 0.2) is 60.7 Å². The second-order valence-corrected chi connectivity index (χ2v) is 26.5. The lowest BCUT2D eigenvalue weighted by atomic mass is 10.0. The van der Waals surface area contributed by atoms with Gasteiger partial charge < -0.3 is 44.1 Å². The van der Waals surface area contributed by atoms with Crippen LogP contribution in [0.3, 0.4) is 0 Å². The van der Waals surface area contributed by atoms with Gasteiger partial charge in [-0.1, -0.05) is 365 Å². The van der Waals surface area contributed by atoms with Crippen molar-refractivity contribution in [3.05, 3.63) is 71.8 Å². The molecule has 0 fully saturated rings. The van der Waals surface area contributed by atoms with Gasteiger partial charge in [0, 0.05) is 26.2 Å². The maximum absolute atomic E-state index is 12.5. The van der Waals surface area contributed by atoms with Crippen LogP contribution in [0.2, 0.25) is 0 Å². The number of carbonyl (C=O) groups excluding carboxylic acids is 3. The first-order valence-corrected chi connectivity index (χ1v) is 39.7. The molecule has 0 unspecified atom stereocenters. The Morgan fingerprint density at radius 1 is 0.354 bits per heavy atom. The van der Waals surface area contributed by atoms with Crippen molar-refractivity contribution >= 4 is 23.9 Å². The summed E-state index contributed by atoms with van der Waals surface area (Å²) in [5, 5.41) is 34.9. The Bertz CT molecular complexity index is 1800. The Kier molecular flexibility index (Phi) is 82.0. The molecule has 2 rings (SSSR count). The number of hydrogen-bond acceptors (Lipinski definition) is 12. The van der Waals surface area contributed by atoms with E-state index < -0.39 is 18.2 Å². The largest absolute Gasteiger partial charge is 0.481 e. The number of aliphatic hydroxyl groups is 3. The molecule has 0 spiro atoms. The fourth-order valence-corrected chi connectivity index (χ4v) is 10.9. The summed E-state index contributed by atoms with van der Waals surface area (Å²) in [5.41, 5.74) is 2.20. The molecule has 96 heavy (non-hydrogen) atoms. The van der Waals surface area contributed by atoms with Crippen molar-refractivity contribution in [2.75, 3.05) is 33.0 Å². The third kappa shape index (κ3) is 80.8. The average Bonchev–Trinajstić information content (AvgIpc) is 2.83. The molecule has 0 aliphatic heterocycles. The van der Waals surface area contributed by atoms with Crippen molar-refractivity contribution in [2.24, 2.45) is 0 Å². The third-order valence-corrected chi connectivity index (χ3v) is 17.1. The zero-order valence-corrected chi connectivity index (χ0v) is 63.3. The van der Waals surface area contributed by atoms with Gasteiger partial charge >= 0.3 is 23.9 Å². The van der Waals surface area contributed by atoms with Gasteiger partial charge in [0.2, 0.25) is 0 Å². The minimum Gasteiger partial charge on any atom is -0.481 e. The molecule has 0 aliphatic carbocycles. The lowest BCUT2D eigenvalue weighted by molar-refractivity contribution is -0.157. The van der Waals surface area contributed by atoms with Crippen LogP contribution in [0.1, 0.15) is 381 Å². The summed E-state index contributed by atoms with van der Waals surface area (Å²) in [6, 6.07) is 20.1. The van der Waals surface area contributed by atoms with Crippen LogP contribution in [-0.2, 0) is 56.1 Å². The highest BCUT2D eigenvalue weighted by Gasteiger charge is 2.16. The summed E-state index contributed by atoms with van der Waals surface area (Å²) in [7, 11) is 0. The number of carboxylic acids is 1. The van der Waals surface area contributed by atoms with Gasteiger partial charge in [0.25, 0.3) is 0 Å². The summed E-state index contributed by atoms with van der Waals surface area (Å²) in [6.07, 6.45) is 60.8. The standard InChI is InChI=1S/C35H54O4.C21H42O4.C18H36O2.C5H12O.C4H8O2/c1-2-3-4-5-6-7-8-9-10-11-12-13-14-15-22-27-35(36)39-34(30-37-28-32-23-18-16-19-24-32)31-38-29-33-25-20-17-21-26-33;1-2-3-4-5-6-7-8-9-10-11-12-13-14-15-16-17-21(24)25-20(18-22)19-23;1-2-3-4-5-6-7-8-9-10-11-12-13-14-15-16-17-18(19)20;1-3-5(6)4-2;1-3-6-4(2)5/h16-21,23-26,34H,2-15,22,27-31H2,1H3;20,22-23H,2-19H2,1H3;2-17H2,1H3,(H,19,20);5-6H,3-4H2,1-2H3;3H2,1-2H3. The van der Waals surface area contributed by atoms with Gasteiger partial charge in [0.15, 0.2) is 0 Å². The zero-order chi connectivity index (χ0) is 71.1. The van der Waals surface area contributed by atoms with Crippen LogP contribution >= 0.6 is 0 Å². The summed E-state index contributed by atoms with van der Waals surface area (Å²) in [6.45, 7) is 15.4. The van der Waals surface area contributed by atoms with E-state index in [9.17, 15) is 19.2 Å². The molecule has 13 nitrogen and oxygen atoms in total. The topological polar surface area (TPSA) is 195 Å². The molecule has 0 saturated heterocycles. The number of rotatable bonds is 63. The molecule has 0 aliphatic rings. The number of aliphatic hydroxyl groups excluding tert-OH is 3. The van der Waals surface area contributed by atoms with Gasteiger partial charge in [-0.3, -0.25) is 19.2 Å². The highest BCUT2D eigenvalue weighted by molar-refractivity contribution is 5.70. The third-order valence-electron chi connectivity index (χ3n) is 17.1. The number of unbranched alkanes of at least 4 members (excludes halogenated alkanes) is 42. The van der Waals surface area contributed by atoms with E-state index in [0.29, 0.717) is 52.3 Å². The lowest BCUT2D eigenvalue weighted by Gasteiger charge is -2.18. The highest BCUT2D eigenvalue weighted by atomic mass is 16.6. The maximum atomic E-state index is 12.5. The first-order valence-electron chi connectivity index (χ1n) is 39.7. The average molecular weight is 1360 g/mol. The second kappa shape index (κ2) is 81.8. The van der Waals surface area contributed by atoms with Gasteiger partial charge in [-0.2, -0.15) is 0 Å². The molecule has 2 aromatic rings. The molecule has 2 aromatic carbocycles. The number of aliphatic carboxylic acids is 1. The van der Waals surface area contributed by atoms with Crippen molar-refractivity contribution in [3.63, 3.8) is 0 Å². The molecule has 0 aromatic heterocycles. The van der Waals surface area contributed by atoms with Crippen molar-refractivity contribution in [3.8, 4) is 0 Å². The molecule has 0 radical (unpaired) electrons. The van der Waals surface area contributed by atoms with Crippen LogP contribution in [-0.4, -0.2) is 95.6 Å². The highest BCUT2D eigenvalue weighted by Crippen LogP contribution is 2.18. The lowest BCUT2D eigenvalue weighted by Crippen LogP contribution is -2.28. The van der Waals surface area contributed by atoms with E-state index in [-0.39, 0.29) is 37.2 Å². The molecule has 562 valence electrons. The Labute approximate surface area is 590 Å². The van der Waals surface area contributed by atoms with Crippen LogP contribution in [0.4, 0.5) is 0 Å². The van der Waals surface area contributed by atoms with Crippen molar-refractivity contribution in [1.29, 1.82) is 0 Å². The zero-order valence-electron chi connectivity index (χ0n) is 63.3. The maximum Gasteiger partial charge on any atom is 0.306 e. The summed E-state index contributed by atoms with van der Waals surface area (Å²) in [5.74, 6) is -1.33. The van der Waals surface area contributed by atoms with E-state index in [4.69, 9.17) is 39.4 Å². The molecule has 0 atom stereocenters. The first-order chi connectivity index (χ1) is 46.9. The number of carboxylic acid groups (broad SMARTS) is 1. The van der Waals surface area contributed by atoms with Crippen LogP contribution in [0, 0.1) is 0 Å². The van der Waals surface area contributed by atoms with E-state index in [0.717, 1.165) is 62.5 Å². The molecular formula is C83H152O13. The minimum absolute atomic E-state index is 0.0648.